The van der Waals surface area contributed by atoms with Crippen LogP contribution < -0.4 is 5.32 Å². The lowest BCUT2D eigenvalue weighted by atomic mass is 9.95. The Morgan fingerprint density at radius 3 is 2.94 bits per heavy atom. The van der Waals surface area contributed by atoms with E-state index in [4.69, 9.17) is 9.05 Å². The molecule has 0 spiro atoms. The smallest absolute Gasteiger partial charge is 0.242 e. The first-order valence-corrected chi connectivity index (χ1v) is 11.1. The molecule has 3 aromatic rings. The minimum absolute atomic E-state index is 0.0183. The molecule has 2 aromatic heterocycles. The number of amides is 1. The molecule has 4 rings (SSSR count). The number of unbranched alkanes of at least 4 members (excludes halogenated alkanes) is 1. The van der Waals surface area contributed by atoms with Crippen molar-refractivity contribution in [3.63, 3.8) is 0 Å². The third-order valence-electron chi connectivity index (χ3n) is 5.78. The standard InChI is InChI=1S/C23H28FN5O3/c1-3-4-10-19(22(30)25-20-12-15(2)31-27-20)29-11-6-8-17(14-29)23-26-21(28-32-23)16-7-5-9-18(24)13-16/h5,7,9,12-13,17,19H,3-4,6,8,10-11,14H2,1-2H3,(H,25,27,30). The summed E-state index contributed by atoms with van der Waals surface area (Å²) in [4.78, 5) is 19.8. The molecule has 1 aliphatic heterocycles. The number of hydrogen-bond donors (Lipinski definition) is 1. The lowest BCUT2D eigenvalue weighted by Gasteiger charge is -2.36. The topological polar surface area (TPSA) is 97.3 Å². The van der Waals surface area contributed by atoms with E-state index in [-0.39, 0.29) is 23.7 Å². The molecule has 1 N–H and O–H groups in total. The molecule has 0 saturated carbocycles. The van der Waals surface area contributed by atoms with Gasteiger partial charge in [0.25, 0.3) is 0 Å². The number of aromatic nitrogens is 3. The van der Waals surface area contributed by atoms with Gasteiger partial charge in [0.05, 0.1) is 12.0 Å². The van der Waals surface area contributed by atoms with Crippen LogP contribution in [-0.2, 0) is 4.79 Å². The van der Waals surface area contributed by atoms with Crippen molar-refractivity contribution in [2.45, 2.75) is 57.9 Å². The highest BCUT2D eigenvalue weighted by atomic mass is 19.1. The number of likely N-dealkylation sites (tertiary alicyclic amines) is 1. The second-order valence-electron chi connectivity index (χ2n) is 8.27. The van der Waals surface area contributed by atoms with Crippen molar-refractivity contribution in [3.05, 3.63) is 47.8 Å². The summed E-state index contributed by atoms with van der Waals surface area (Å²) in [5.41, 5.74) is 0.579. The molecule has 1 aromatic carbocycles. The third kappa shape index (κ3) is 5.21. The highest BCUT2D eigenvalue weighted by molar-refractivity contribution is 5.94. The fourth-order valence-electron chi connectivity index (χ4n) is 4.15. The third-order valence-corrected chi connectivity index (χ3v) is 5.78. The maximum Gasteiger partial charge on any atom is 0.242 e. The lowest BCUT2D eigenvalue weighted by Crippen LogP contribution is -2.48. The molecule has 2 atom stereocenters. The van der Waals surface area contributed by atoms with E-state index in [1.54, 1.807) is 25.1 Å². The molecule has 0 aliphatic carbocycles. The van der Waals surface area contributed by atoms with Gasteiger partial charge < -0.3 is 14.4 Å². The first-order valence-electron chi connectivity index (χ1n) is 11.1. The summed E-state index contributed by atoms with van der Waals surface area (Å²) in [5, 5.41) is 10.8. The fraction of sp³-hybridized carbons (Fsp3) is 0.478. The molecule has 3 heterocycles. The highest BCUT2D eigenvalue weighted by Crippen LogP contribution is 2.30. The van der Waals surface area contributed by atoms with E-state index in [0.717, 1.165) is 38.6 Å². The summed E-state index contributed by atoms with van der Waals surface area (Å²) in [5.74, 6) is 1.56. The minimum atomic E-state index is -0.343. The van der Waals surface area contributed by atoms with Crippen LogP contribution >= 0.6 is 0 Å². The molecule has 1 amide bonds. The number of nitrogens with one attached hydrogen (secondary N) is 1. The van der Waals surface area contributed by atoms with Crippen molar-refractivity contribution in [2.24, 2.45) is 0 Å². The largest absolute Gasteiger partial charge is 0.360 e. The fourth-order valence-corrected chi connectivity index (χ4v) is 4.15. The molecule has 1 aliphatic rings. The van der Waals surface area contributed by atoms with Crippen molar-refractivity contribution < 1.29 is 18.2 Å². The Bertz CT molecular complexity index is 1050. The summed E-state index contributed by atoms with van der Waals surface area (Å²) in [6, 6.07) is 7.57. The zero-order valence-electron chi connectivity index (χ0n) is 18.4. The van der Waals surface area contributed by atoms with Crippen LogP contribution in [0.4, 0.5) is 10.2 Å². The summed E-state index contributed by atoms with van der Waals surface area (Å²) < 4.78 is 24.1. The van der Waals surface area contributed by atoms with Gasteiger partial charge in [0.1, 0.15) is 11.6 Å². The van der Waals surface area contributed by atoms with E-state index in [0.29, 0.717) is 35.4 Å². The molecule has 8 nitrogen and oxygen atoms in total. The number of aryl methyl sites for hydroxylation is 1. The maximum absolute atomic E-state index is 13.5. The number of nitrogens with zero attached hydrogens (tertiary/aromatic N) is 4. The number of benzene rings is 1. The van der Waals surface area contributed by atoms with Crippen LogP contribution in [0.15, 0.2) is 39.4 Å². The quantitative estimate of drug-likeness (QED) is 0.548. The van der Waals surface area contributed by atoms with E-state index in [1.807, 2.05) is 0 Å². The van der Waals surface area contributed by atoms with E-state index in [1.165, 1.54) is 12.1 Å². The van der Waals surface area contributed by atoms with Crippen molar-refractivity contribution in [1.29, 1.82) is 0 Å². The number of rotatable bonds is 8. The van der Waals surface area contributed by atoms with Crippen molar-refractivity contribution in [3.8, 4) is 11.4 Å². The minimum Gasteiger partial charge on any atom is -0.360 e. The van der Waals surface area contributed by atoms with Crippen LogP contribution in [-0.4, -0.2) is 45.2 Å². The zero-order valence-corrected chi connectivity index (χ0v) is 18.4. The number of hydrogen-bond acceptors (Lipinski definition) is 7. The average Bonchev–Trinajstić information content (AvgIpc) is 3.44. The van der Waals surface area contributed by atoms with E-state index in [9.17, 15) is 9.18 Å². The van der Waals surface area contributed by atoms with Crippen LogP contribution in [0.1, 0.15) is 56.6 Å². The van der Waals surface area contributed by atoms with Crippen molar-refractivity contribution >= 4 is 11.7 Å². The number of anilines is 1. The Kier molecular flexibility index (Phi) is 6.94. The van der Waals surface area contributed by atoms with E-state index in [2.05, 4.69) is 32.4 Å². The Morgan fingerprint density at radius 1 is 1.31 bits per heavy atom. The van der Waals surface area contributed by atoms with E-state index < -0.39 is 0 Å². The first kappa shape index (κ1) is 22.1. The Labute approximate surface area is 186 Å². The van der Waals surface area contributed by atoms with Gasteiger partial charge >= 0.3 is 0 Å². The van der Waals surface area contributed by atoms with Crippen LogP contribution in [0.25, 0.3) is 11.4 Å². The lowest BCUT2D eigenvalue weighted by molar-refractivity contribution is -0.122. The van der Waals surface area contributed by atoms with Gasteiger partial charge in [-0.15, -0.1) is 0 Å². The molecule has 0 bridgehead atoms. The second kappa shape index (κ2) is 10.0. The Balaban J connectivity index is 1.47. The highest BCUT2D eigenvalue weighted by Gasteiger charge is 2.33. The van der Waals surface area contributed by atoms with Crippen LogP contribution in [0.2, 0.25) is 0 Å². The average molecular weight is 442 g/mol. The predicted molar refractivity (Wildman–Crippen MR) is 116 cm³/mol. The molecular weight excluding hydrogens is 413 g/mol. The molecule has 1 saturated heterocycles. The van der Waals surface area contributed by atoms with Gasteiger partial charge in [0.2, 0.25) is 17.6 Å². The van der Waals surface area contributed by atoms with Gasteiger partial charge in [0.15, 0.2) is 5.82 Å². The maximum atomic E-state index is 13.5. The normalized spacial score (nSPS) is 17.9. The molecule has 9 heteroatoms. The van der Waals surface area contributed by atoms with Gasteiger partial charge in [-0.3, -0.25) is 9.69 Å². The molecular formula is C23H28FN5O3. The van der Waals surface area contributed by atoms with E-state index >= 15 is 0 Å². The Morgan fingerprint density at radius 2 is 2.19 bits per heavy atom. The summed E-state index contributed by atoms with van der Waals surface area (Å²) in [6.07, 6.45) is 4.52. The molecule has 2 unspecified atom stereocenters. The molecule has 0 radical (unpaired) electrons. The van der Waals surface area contributed by atoms with Gasteiger partial charge in [0, 0.05) is 18.2 Å². The number of carbonyl (C=O) groups is 1. The first-order chi connectivity index (χ1) is 15.5. The van der Waals surface area contributed by atoms with Gasteiger partial charge in [-0.2, -0.15) is 4.98 Å². The van der Waals surface area contributed by atoms with Crippen molar-refractivity contribution in [1.82, 2.24) is 20.2 Å². The summed E-state index contributed by atoms with van der Waals surface area (Å²) in [6.45, 7) is 5.36. The van der Waals surface area contributed by atoms with Crippen LogP contribution in [0.3, 0.4) is 0 Å². The van der Waals surface area contributed by atoms with Gasteiger partial charge in [-0.25, -0.2) is 4.39 Å². The molecule has 170 valence electrons. The van der Waals surface area contributed by atoms with Gasteiger partial charge in [-0.05, 0) is 44.9 Å². The predicted octanol–water partition coefficient (Wildman–Crippen LogP) is 4.55. The molecule has 32 heavy (non-hydrogen) atoms. The SMILES string of the molecule is CCCCC(C(=O)Nc1cc(C)on1)N1CCCC(c2nc(-c3cccc(F)c3)no2)C1. The zero-order chi connectivity index (χ0) is 22.5. The number of carbonyl (C=O) groups excluding carboxylic acids is 1. The number of piperidine rings is 1. The monoisotopic (exact) mass is 441 g/mol. The Hall–Kier alpha value is -3.07. The summed E-state index contributed by atoms with van der Waals surface area (Å²) in [7, 11) is 0. The number of halogens is 1. The second-order valence-corrected chi connectivity index (χ2v) is 8.27. The van der Waals surface area contributed by atoms with Crippen LogP contribution in [0.5, 0.6) is 0 Å². The summed E-state index contributed by atoms with van der Waals surface area (Å²) >= 11 is 0. The molecule has 1 fully saturated rings. The van der Waals surface area contributed by atoms with Crippen molar-refractivity contribution in [2.75, 3.05) is 18.4 Å². The van der Waals surface area contributed by atoms with Crippen LogP contribution in [0, 0.1) is 12.7 Å². The van der Waals surface area contributed by atoms with Gasteiger partial charge in [-0.1, -0.05) is 42.2 Å².